The fraction of sp³-hybridized carbons (Fsp3) is 1.00. The molecule has 0 rings (SSSR count). The Balaban J connectivity index is 2.83. The molecule has 0 fully saturated rings. The quantitative estimate of drug-likeness (QED) is 0.524. The van der Waals surface area contributed by atoms with Gasteiger partial charge in [0.2, 0.25) is 0 Å². The molecule has 0 aromatic heterocycles. The van der Waals surface area contributed by atoms with E-state index in [1.54, 1.807) is 14.2 Å². The van der Waals surface area contributed by atoms with Crippen LogP contribution in [0.4, 0.5) is 0 Å². The van der Waals surface area contributed by atoms with Gasteiger partial charge in [0, 0.05) is 14.2 Å². The second-order valence-electron chi connectivity index (χ2n) is 1.50. The van der Waals surface area contributed by atoms with E-state index >= 15 is 0 Å². The Morgan fingerprint density at radius 1 is 1.43 bits per heavy atom. The molecule has 0 aliphatic heterocycles. The first kappa shape index (κ1) is 6.92. The van der Waals surface area contributed by atoms with E-state index < -0.39 is 0 Å². The van der Waals surface area contributed by atoms with Crippen molar-refractivity contribution in [1.29, 1.82) is 0 Å². The Morgan fingerprint density at radius 3 is 2.14 bits per heavy atom. The number of methoxy groups -OCH3 is 2. The molecule has 0 heterocycles. The largest absolute Gasteiger partial charge is 0.382 e. The third-order valence-corrected chi connectivity index (χ3v) is 0.804. The highest BCUT2D eigenvalue weighted by Gasteiger charge is 1.93. The van der Waals surface area contributed by atoms with Gasteiger partial charge in [-0.3, -0.25) is 0 Å². The van der Waals surface area contributed by atoms with Gasteiger partial charge in [0.15, 0.2) is 0 Å². The third kappa shape index (κ3) is 3.76. The zero-order valence-electron chi connectivity index (χ0n) is 5.10. The molecule has 0 aliphatic rings. The summed E-state index contributed by atoms with van der Waals surface area (Å²) in [6.45, 7) is 2.64. The van der Waals surface area contributed by atoms with Gasteiger partial charge in [0.1, 0.15) is 0 Å². The van der Waals surface area contributed by atoms with Gasteiger partial charge in [-0.25, -0.2) is 0 Å². The van der Waals surface area contributed by atoms with Crippen LogP contribution in [0.15, 0.2) is 0 Å². The zero-order chi connectivity index (χ0) is 5.70. The van der Waals surface area contributed by atoms with Crippen molar-refractivity contribution in [2.75, 3.05) is 20.8 Å². The van der Waals surface area contributed by atoms with Gasteiger partial charge in [-0.15, -0.1) is 0 Å². The Bertz CT molecular complexity index is 37.1. The molecule has 0 bridgehead atoms. The van der Waals surface area contributed by atoms with Crippen LogP contribution >= 0.6 is 0 Å². The van der Waals surface area contributed by atoms with E-state index in [9.17, 15) is 0 Å². The van der Waals surface area contributed by atoms with Crippen LogP contribution in [0.5, 0.6) is 0 Å². The van der Waals surface area contributed by atoms with Crippen molar-refractivity contribution < 1.29 is 9.47 Å². The van der Waals surface area contributed by atoms with Crippen LogP contribution in [0, 0.1) is 0 Å². The summed E-state index contributed by atoms with van der Waals surface area (Å²) in [6, 6.07) is 0. The zero-order valence-corrected chi connectivity index (χ0v) is 5.10. The summed E-state index contributed by atoms with van der Waals surface area (Å²) >= 11 is 0. The molecule has 0 aromatic rings. The minimum Gasteiger partial charge on any atom is -0.382 e. The standard InChI is InChI=1S/C5H12O2/c1-5(7-3)4-6-2/h5H,4H2,1-3H3. The summed E-state index contributed by atoms with van der Waals surface area (Å²) < 4.78 is 9.64. The van der Waals surface area contributed by atoms with Gasteiger partial charge in [-0.1, -0.05) is 0 Å². The maximum Gasteiger partial charge on any atom is 0.0776 e. The van der Waals surface area contributed by atoms with Crippen molar-refractivity contribution in [3.05, 3.63) is 0 Å². The Kier molecular flexibility index (Phi) is 4.04. The third-order valence-electron chi connectivity index (χ3n) is 0.804. The summed E-state index contributed by atoms with van der Waals surface area (Å²) in [4.78, 5) is 0. The Labute approximate surface area is 44.4 Å². The van der Waals surface area contributed by atoms with Gasteiger partial charge >= 0.3 is 0 Å². The molecule has 2 heteroatoms. The summed E-state index contributed by atoms with van der Waals surface area (Å²) in [6.07, 6.45) is 0.227. The number of rotatable bonds is 3. The molecule has 44 valence electrons. The van der Waals surface area contributed by atoms with Crippen LogP contribution in [0.25, 0.3) is 0 Å². The topological polar surface area (TPSA) is 18.5 Å². The molecular formula is C5H12O2. The molecule has 0 saturated carbocycles. The predicted octanol–water partition coefficient (Wildman–Crippen LogP) is 0.668. The molecule has 7 heavy (non-hydrogen) atoms. The lowest BCUT2D eigenvalue weighted by atomic mass is 10.4. The SMILES string of the molecule is COCC(C)OC. The van der Waals surface area contributed by atoms with E-state index in [1.807, 2.05) is 6.92 Å². The molecular weight excluding hydrogens is 92.1 g/mol. The molecule has 0 saturated heterocycles. The van der Waals surface area contributed by atoms with Crippen LogP contribution in [-0.2, 0) is 9.47 Å². The lowest BCUT2D eigenvalue weighted by Crippen LogP contribution is -2.11. The Morgan fingerprint density at radius 2 is 2.00 bits per heavy atom. The maximum atomic E-state index is 4.87. The minimum atomic E-state index is 0.227. The summed E-state index contributed by atoms with van der Waals surface area (Å²) in [5.41, 5.74) is 0. The van der Waals surface area contributed by atoms with Crippen LogP contribution in [0.3, 0.4) is 0 Å². The first-order valence-corrected chi connectivity index (χ1v) is 2.33. The van der Waals surface area contributed by atoms with Gasteiger partial charge in [0.25, 0.3) is 0 Å². The van der Waals surface area contributed by atoms with Gasteiger partial charge in [-0.2, -0.15) is 0 Å². The molecule has 2 nitrogen and oxygen atoms in total. The highest BCUT2D eigenvalue weighted by atomic mass is 16.5. The van der Waals surface area contributed by atoms with Gasteiger partial charge in [-0.05, 0) is 6.92 Å². The Hall–Kier alpha value is -0.0800. The van der Waals surface area contributed by atoms with Crippen LogP contribution in [-0.4, -0.2) is 26.9 Å². The lowest BCUT2D eigenvalue weighted by molar-refractivity contribution is 0.0401. The fourth-order valence-corrected chi connectivity index (χ4v) is 0.303. The van der Waals surface area contributed by atoms with E-state index in [-0.39, 0.29) is 6.10 Å². The second-order valence-corrected chi connectivity index (χ2v) is 1.50. The van der Waals surface area contributed by atoms with Crippen LogP contribution in [0.2, 0.25) is 0 Å². The van der Waals surface area contributed by atoms with Crippen molar-refractivity contribution in [2.45, 2.75) is 13.0 Å². The van der Waals surface area contributed by atoms with Crippen molar-refractivity contribution >= 4 is 0 Å². The number of ether oxygens (including phenoxy) is 2. The van der Waals surface area contributed by atoms with E-state index in [2.05, 4.69) is 0 Å². The van der Waals surface area contributed by atoms with Crippen LogP contribution in [0.1, 0.15) is 6.92 Å². The second kappa shape index (κ2) is 4.09. The molecule has 0 aliphatic carbocycles. The van der Waals surface area contributed by atoms with E-state index in [1.165, 1.54) is 0 Å². The molecule has 0 spiro atoms. The van der Waals surface area contributed by atoms with Crippen molar-refractivity contribution in [3.8, 4) is 0 Å². The lowest BCUT2D eigenvalue weighted by Gasteiger charge is -2.05. The highest BCUT2D eigenvalue weighted by Crippen LogP contribution is 1.84. The van der Waals surface area contributed by atoms with Crippen molar-refractivity contribution in [3.63, 3.8) is 0 Å². The number of hydrogen-bond donors (Lipinski definition) is 0. The predicted molar refractivity (Wildman–Crippen MR) is 28.3 cm³/mol. The molecule has 0 radical (unpaired) electrons. The summed E-state index contributed by atoms with van der Waals surface area (Å²) in [5, 5.41) is 0. The summed E-state index contributed by atoms with van der Waals surface area (Å²) in [7, 11) is 3.33. The monoisotopic (exact) mass is 104 g/mol. The number of hydrogen-bond acceptors (Lipinski definition) is 2. The molecule has 1 atom stereocenters. The highest BCUT2D eigenvalue weighted by molar-refractivity contribution is 4.41. The fourth-order valence-electron chi connectivity index (χ4n) is 0.303. The normalized spacial score (nSPS) is 14.1. The van der Waals surface area contributed by atoms with Crippen LogP contribution < -0.4 is 0 Å². The first-order valence-electron chi connectivity index (χ1n) is 2.33. The average molecular weight is 104 g/mol. The first-order chi connectivity index (χ1) is 3.31. The smallest absolute Gasteiger partial charge is 0.0776 e. The van der Waals surface area contributed by atoms with E-state index in [0.717, 1.165) is 0 Å². The average Bonchev–Trinajstić information content (AvgIpc) is 1.68. The van der Waals surface area contributed by atoms with Crippen molar-refractivity contribution in [2.24, 2.45) is 0 Å². The molecule has 0 N–H and O–H groups in total. The molecule has 0 aromatic carbocycles. The van der Waals surface area contributed by atoms with E-state index in [0.29, 0.717) is 6.61 Å². The molecule has 0 amide bonds. The van der Waals surface area contributed by atoms with E-state index in [4.69, 9.17) is 9.47 Å². The van der Waals surface area contributed by atoms with Gasteiger partial charge < -0.3 is 9.47 Å². The maximum absolute atomic E-state index is 4.87. The molecule has 1 unspecified atom stereocenters. The van der Waals surface area contributed by atoms with Gasteiger partial charge in [0.05, 0.1) is 12.7 Å². The van der Waals surface area contributed by atoms with Crippen molar-refractivity contribution in [1.82, 2.24) is 0 Å². The minimum absolute atomic E-state index is 0.227. The summed E-state index contributed by atoms with van der Waals surface area (Å²) in [5.74, 6) is 0.